The maximum Gasteiger partial charge on any atom is 0.0598 e. The Labute approximate surface area is 87.3 Å². The SMILES string of the molecule is Brc1cccc2cc[nH]c12.CCC. The largest absolute Gasteiger partial charge is 0.360 e. The van der Waals surface area contributed by atoms with Crippen molar-refractivity contribution in [1.82, 2.24) is 4.98 Å². The highest BCUT2D eigenvalue weighted by atomic mass is 79.9. The molecule has 1 aromatic heterocycles. The van der Waals surface area contributed by atoms with Crippen molar-refractivity contribution in [2.24, 2.45) is 0 Å². The molecule has 0 amide bonds. The monoisotopic (exact) mass is 239 g/mol. The molecule has 0 fully saturated rings. The predicted octanol–water partition coefficient (Wildman–Crippen LogP) is 4.35. The van der Waals surface area contributed by atoms with E-state index in [1.807, 2.05) is 18.3 Å². The number of hydrogen-bond donors (Lipinski definition) is 1. The zero-order valence-corrected chi connectivity index (χ0v) is 9.56. The van der Waals surface area contributed by atoms with E-state index in [0.29, 0.717) is 0 Å². The fourth-order valence-corrected chi connectivity index (χ4v) is 1.54. The molecule has 0 bridgehead atoms. The van der Waals surface area contributed by atoms with Crippen LogP contribution in [-0.4, -0.2) is 4.98 Å². The molecule has 1 nitrogen and oxygen atoms in total. The number of aromatic amines is 1. The molecule has 0 atom stereocenters. The van der Waals surface area contributed by atoms with E-state index < -0.39 is 0 Å². The van der Waals surface area contributed by atoms with Gasteiger partial charge in [0.2, 0.25) is 0 Å². The molecule has 1 N–H and O–H groups in total. The van der Waals surface area contributed by atoms with Gasteiger partial charge >= 0.3 is 0 Å². The van der Waals surface area contributed by atoms with E-state index >= 15 is 0 Å². The molecule has 0 aliphatic carbocycles. The zero-order chi connectivity index (χ0) is 9.68. The van der Waals surface area contributed by atoms with Gasteiger partial charge in [-0.1, -0.05) is 32.4 Å². The van der Waals surface area contributed by atoms with Crippen LogP contribution in [0.25, 0.3) is 10.9 Å². The summed E-state index contributed by atoms with van der Waals surface area (Å²) in [4.78, 5) is 3.14. The summed E-state index contributed by atoms with van der Waals surface area (Å²) >= 11 is 3.44. The van der Waals surface area contributed by atoms with Crippen molar-refractivity contribution in [3.8, 4) is 0 Å². The first-order valence-corrected chi connectivity index (χ1v) is 5.30. The Morgan fingerprint density at radius 1 is 1.23 bits per heavy atom. The number of halogens is 1. The smallest absolute Gasteiger partial charge is 0.0598 e. The predicted molar refractivity (Wildman–Crippen MR) is 62.0 cm³/mol. The molecule has 2 rings (SSSR count). The number of aromatic nitrogens is 1. The van der Waals surface area contributed by atoms with Crippen LogP contribution in [0.3, 0.4) is 0 Å². The van der Waals surface area contributed by atoms with Crippen molar-refractivity contribution in [2.45, 2.75) is 20.3 Å². The second-order valence-corrected chi connectivity index (χ2v) is 3.74. The molecule has 0 spiro atoms. The summed E-state index contributed by atoms with van der Waals surface area (Å²) < 4.78 is 1.12. The standard InChI is InChI=1S/C8H6BrN.C3H8/c9-7-3-1-2-6-4-5-10-8(6)7;1-3-2/h1-5,10H;3H2,1-2H3. The van der Waals surface area contributed by atoms with Gasteiger partial charge in [-0.2, -0.15) is 0 Å². The normalized spacial score (nSPS) is 9.46. The van der Waals surface area contributed by atoms with Crippen LogP contribution < -0.4 is 0 Å². The Balaban J connectivity index is 0.000000251. The van der Waals surface area contributed by atoms with Gasteiger partial charge in [-0.3, -0.25) is 0 Å². The molecule has 1 aromatic carbocycles. The average molecular weight is 240 g/mol. The van der Waals surface area contributed by atoms with Crippen molar-refractivity contribution < 1.29 is 0 Å². The topological polar surface area (TPSA) is 15.8 Å². The van der Waals surface area contributed by atoms with Crippen LogP contribution in [0.1, 0.15) is 20.3 Å². The Hall–Kier alpha value is -0.760. The number of H-pyrrole nitrogens is 1. The van der Waals surface area contributed by atoms with E-state index in [0.717, 1.165) is 4.47 Å². The Kier molecular flexibility index (Phi) is 4.03. The molecule has 70 valence electrons. The zero-order valence-electron chi connectivity index (χ0n) is 7.97. The molecule has 0 unspecified atom stereocenters. The summed E-state index contributed by atoms with van der Waals surface area (Å²) in [6.07, 6.45) is 3.19. The number of rotatable bonds is 0. The molecular weight excluding hydrogens is 226 g/mol. The molecule has 0 radical (unpaired) electrons. The fourth-order valence-electron chi connectivity index (χ4n) is 1.05. The number of fused-ring (bicyclic) bond motifs is 1. The second-order valence-electron chi connectivity index (χ2n) is 2.89. The third kappa shape index (κ3) is 2.59. The van der Waals surface area contributed by atoms with Gasteiger partial charge in [0.25, 0.3) is 0 Å². The van der Waals surface area contributed by atoms with E-state index in [1.54, 1.807) is 0 Å². The summed E-state index contributed by atoms with van der Waals surface area (Å²) in [5.41, 5.74) is 1.17. The minimum atomic E-state index is 1.12. The quantitative estimate of drug-likeness (QED) is 0.704. The number of benzene rings is 1. The maximum absolute atomic E-state index is 3.44. The highest BCUT2D eigenvalue weighted by Gasteiger charge is 1.95. The lowest BCUT2D eigenvalue weighted by atomic mass is 10.3. The molecule has 2 aromatic rings. The summed E-state index contributed by atoms with van der Waals surface area (Å²) in [7, 11) is 0. The van der Waals surface area contributed by atoms with Crippen LogP contribution in [-0.2, 0) is 0 Å². The third-order valence-electron chi connectivity index (χ3n) is 1.54. The molecule has 0 aliphatic heterocycles. The highest BCUT2D eigenvalue weighted by molar-refractivity contribution is 9.10. The van der Waals surface area contributed by atoms with E-state index in [-0.39, 0.29) is 0 Å². The van der Waals surface area contributed by atoms with E-state index in [4.69, 9.17) is 0 Å². The Morgan fingerprint density at radius 2 is 1.92 bits per heavy atom. The summed E-state index contributed by atoms with van der Waals surface area (Å²) in [5, 5.41) is 1.24. The molecule has 0 saturated carbocycles. The Bertz CT molecular complexity index is 365. The molecule has 0 saturated heterocycles. The summed E-state index contributed by atoms with van der Waals surface area (Å²) in [6.45, 7) is 4.25. The van der Waals surface area contributed by atoms with Crippen LogP contribution in [0.15, 0.2) is 34.9 Å². The van der Waals surface area contributed by atoms with Gasteiger partial charge in [-0.15, -0.1) is 0 Å². The first-order valence-electron chi connectivity index (χ1n) is 4.51. The van der Waals surface area contributed by atoms with Gasteiger partial charge in [0.05, 0.1) is 5.52 Å². The van der Waals surface area contributed by atoms with Crippen molar-refractivity contribution in [3.05, 3.63) is 34.9 Å². The van der Waals surface area contributed by atoms with E-state index in [2.05, 4.69) is 46.9 Å². The Morgan fingerprint density at radius 3 is 2.54 bits per heavy atom. The number of nitrogens with one attached hydrogen (secondary N) is 1. The minimum absolute atomic E-state index is 1.12. The van der Waals surface area contributed by atoms with Gasteiger partial charge < -0.3 is 4.98 Å². The van der Waals surface area contributed by atoms with Gasteiger partial charge in [-0.05, 0) is 28.1 Å². The minimum Gasteiger partial charge on any atom is -0.360 e. The lowest BCUT2D eigenvalue weighted by molar-refractivity contribution is 1.09. The fraction of sp³-hybridized carbons (Fsp3) is 0.273. The van der Waals surface area contributed by atoms with Crippen LogP contribution in [0.5, 0.6) is 0 Å². The van der Waals surface area contributed by atoms with Crippen LogP contribution in [0.4, 0.5) is 0 Å². The molecule has 2 heteroatoms. The molecule has 1 heterocycles. The number of hydrogen-bond acceptors (Lipinski definition) is 0. The summed E-state index contributed by atoms with van der Waals surface area (Å²) in [5.74, 6) is 0. The first-order chi connectivity index (χ1) is 6.29. The second kappa shape index (κ2) is 5.07. The van der Waals surface area contributed by atoms with Crippen molar-refractivity contribution >= 4 is 26.8 Å². The molecule has 0 aliphatic rings. The molecular formula is C11H14BrN. The van der Waals surface area contributed by atoms with Gasteiger partial charge in [0, 0.05) is 16.1 Å². The summed E-state index contributed by atoms with van der Waals surface area (Å²) in [6, 6.07) is 8.19. The third-order valence-corrected chi connectivity index (χ3v) is 2.20. The van der Waals surface area contributed by atoms with Crippen LogP contribution in [0, 0.1) is 0 Å². The lowest BCUT2D eigenvalue weighted by Gasteiger charge is -1.90. The highest BCUT2D eigenvalue weighted by Crippen LogP contribution is 2.21. The van der Waals surface area contributed by atoms with Crippen molar-refractivity contribution in [1.29, 1.82) is 0 Å². The van der Waals surface area contributed by atoms with Gasteiger partial charge in [-0.25, -0.2) is 0 Å². The lowest BCUT2D eigenvalue weighted by Crippen LogP contribution is -1.67. The van der Waals surface area contributed by atoms with E-state index in [9.17, 15) is 0 Å². The average Bonchev–Trinajstić information content (AvgIpc) is 2.54. The van der Waals surface area contributed by atoms with Gasteiger partial charge in [0.1, 0.15) is 0 Å². The number of para-hydroxylation sites is 1. The first kappa shape index (κ1) is 10.3. The maximum atomic E-state index is 3.44. The van der Waals surface area contributed by atoms with Gasteiger partial charge in [0.15, 0.2) is 0 Å². The van der Waals surface area contributed by atoms with Crippen molar-refractivity contribution in [3.63, 3.8) is 0 Å². The van der Waals surface area contributed by atoms with E-state index in [1.165, 1.54) is 17.3 Å². The molecule has 13 heavy (non-hydrogen) atoms. The van der Waals surface area contributed by atoms with Crippen LogP contribution in [0.2, 0.25) is 0 Å². The van der Waals surface area contributed by atoms with Crippen LogP contribution >= 0.6 is 15.9 Å². The van der Waals surface area contributed by atoms with Crippen molar-refractivity contribution in [2.75, 3.05) is 0 Å².